The Morgan fingerprint density at radius 3 is 2.36 bits per heavy atom. The van der Waals surface area contributed by atoms with E-state index in [1.54, 1.807) is 48.5 Å². The maximum Gasteiger partial charge on any atom is 0.269 e. The molecule has 0 radical (unpaired) electrons. The third-order valence-corrected chi connectivity index (χ3v) is 4.61. The van der Waals surface area contributed by atoms with Gasteiger partial charge in [-0.15, -0.1) is 0 Å². The Balaban J connectivity index is 1.80. The van der Waals surface area contributed by atoms with Gasteiger partial charge in [0.05, 0.1) is 12.2 Å². The number of hydrazine groups is 1. The molecule has 2 aromatic carbocycles. The molecule has 0 heterocycles. The van der Waals surface area contributed by atoms with E-state index in [-0.39, 0.29) is 16.9 Å². The van der Waals surface area contributed by atoms with Crippen LogP contribution in [-0.2, 0) is 0 Å². The molecule has 148 valence electrons. The molecule has 0 aliphatic heterocycles. The average molecular weight is 464 g/mol. The maximum absolute atomic E-state index is 12.2. The number of rotatable bonds is 6. The summed E-state index contributed by atoms with van der Waals surface area (Å²) < 4.78 is 6.27. The quantitative estimate of drug-likeness (QED) is 0.448. The number of carbonyl (C=O) groups excluding carboxylic acids is 2. The van der Waals surface area contributed by atoms with Crippen molar-refractivity contribution in [3.63, 3.8) is 0 Å². The number of carbonyl (C=O) groups is 2. The first kappa shape index (κ1) is 21.8. The number of hydrogen-bond acceptors (Lipinski definition) is 4. The van der Waals surface area contributed by atoms with Gasteiger partial charge in [-0.1, -0.05) is 26.0 Å². The van der Waals surface area contributed by atoms with Crippen molar-refractivity contribution < 1.29 is 14.3 Å². The van der Waals surface area contributed by atoms with Crippen LogP contribution in [0.1, 0.15) is 41.0 Å². The van der Waals surface area contributed by atoms with Gasteiger partial charge in [0.1, 0.15) is 5.75 Å². The molecule has 0 aliphatic carbocycles. The second-order valence-electron chi connectivity index (χ2n) is 6.40. The van der Waals surface area contributed by atoms with Gasteiger partial charge >= 0.3 is 0 Å². The van der Waals surface area contributed by atoms with Crippen LogP contribution in [0.2, 0.25) is 0 Å². The third kappa shape index (κ3) is 6.94. The number of benzene rings is 2. The van der Waals surface area contributed by atoms with Crippen LogP contribution in [-0.4, -0.2) is 23.5 Å². The van der Waals surface area contributed by atoms with E-state index in [1.807, 2.05) is 0 Å². The summed E-state index contributed by atoms with van der Waals surface area (Å²) in [5.41, 5.74) is 5.84. The minimum Gasteiger partial charge on any atom is -0.494 e. The molecule has 0 saturated carbocycles. The number of hydrogen-bond donors (Lipinski definition) is 3. The van der Waals surface area contributed by atoms with E-state index in [2.05, 4.69) is 45.9 Å². The molecule has 0 atom stereocenters. The predicted octanol–water partition coefficient (Wildman–Crippen LogP) is 3.82. The topological polar surface area (TPSA) is 79.5 Å². The fourth-order valence-electron chi connectivity index (χ4n) is 2.15. The van der Waals surface area contributed by atoms with Crippen molar-refractivity contribution in [2.24, 2.45) is 5.92 Å². The monoisotopic (exact) mass is 463 g/mol. The van der Waals surface area contributed by atoms with Crippen molar-refractivity contribution in [3.8, 4) is 5.75 Å². The molecular formula is C20H22BrN3O3S. The molecule has 0 fully saturated rings. The largest absolute Gasteiger partial charge is 0.494 e. The fourth-order valence-corrected chi connectivity index (χ4v) is 2.76. The molecule has 2 amide bonds. The van der Waals surface area contributed by atoms with Crippen LogP contribution < -0.4 is 20.9 Å². The molecule has 2 aromatic rings. The predicted molar refractivity (Wildman–Crippen MR) is 116 cm³/mol. The summed E-state index contributed by atoms with van der Waals surface area (Å²) >= 11 is 8.34. The Kier molecular flexibility index (Phi) is 8.41. The Morgan fingerprint density at radius 2 is 1.71 bits per heavy atom. The van der Waals surface area contributed by atoms with Gasteiger partial charge in [0.2, 0.25) is 0 Å². The number of halogens is 1. The van der Waals surface area contributed by atoms with E-state index in [0.29, 0.717) is 33.9 Å². The molecule has 0 aliphatic rings. The summed E-state index contributed by atoms with van der Waals surface area (Å²) in [4.78, 5) is 24.3. The van der Waals surface area contributed by atoms with Gasteiger partial charge in [0.25, 0.3) is 11.8 Å². The van der Waals surface area contributed by atoms with Gasteiger partial charge < -0.3 is 4.74 Å². The standard InChI is InChI=1S/C20H22BrN3O3S/c1-13(2)11-12-27-15-9-7-14(8-10-15)18(25)23-24-20(28)22-19(26)16-5-3-4-6-17(16)21/h3-10,13H,11-12H2,1-2H3,(H,23,25)(H2,22,24,26,28). The normalized spacial score (nSPS) is 10.3. The second-order valence-corrected chi connectivity index (χ2v) is 7.66. The highest BCUT2D eigenvalue weighted by Gasteiger charge is 2.12. The van der Waals surface area contributed by atoms with Crippen molar-refractivity contribution in [3.05, 3.63) is 64.1 Å². The zero-order valence-electron chi connectivity index (χ0n) is 15.6. The number of thiocarbonyl (C=S) groups is 1. The number of ether oxygens (including phenoxy) is 1. The summed E-state index contributed by atoms with van der Waals surface area (Å²) in [5.74, 6) is 0.512. The van der Waals surface area contributed by atoms with Crippen molar-refractivity contribution >= 4 is 45.1 Å². The SMILES string of the molecule is CC(C)CCOc1ccc(C(=O)NNC(=S)NC(=O)c2ccccc2Br)cc1. The summed E-state index contributed by atoms with van der Waals surface area (Å²) in [6.45, 7) is 4.90. The van der Waals surface area contributed by atoms with Crippen LogP contribution in [0, 0.1) is 5.92 Å². The summed E-state index contributed by atoms with van der Waals surface area (Å²) in [6, 6.07) is 13.8. The lowest BCUT2D eigenvalue weighted by Gasteiger charge is -2.12. The molecule has 0 unspecified atom stereocenters. The molecule has 0 bridgehead atoms. The first-order valence-electron chi connectivity index (χ1n) is 8.76. The number of amides is 2. The lowest BCUT2D eigenvalue weighted by atomic mass is 10.1. The van der Waals surface area contributed by atoms with Crippen LogP contribution in [0.15, 0.2) is 53.0 Å². The zero-order chi connectivity index (χ0) is 20.5. The van der Waals surface area contributed by atoms with E-state index in [4.69, 9.17) is 17.0 Å². The van der Waals surface area contributed by atoms with Gasteiger partial charge in [0, 0.05) is 10.0 Å². The minimum absolute atomic E-state index is 0.0114. The number of nitrogens with one attached hydrogen (secondary N) is 3. The lowest BCUT2D eigenvalue weighted by Crippen LogP contribution is -2.48. The van der Waals surface area contributed by atoms with Crippen LogP contribution in [0.3, 0.4) is 0 Å². The van der Waals surface area contributed by atoms with Gasteiger partial charge in [-0.3, -0.25) is 25.8 Å². The van der Waals surface area contributed by atoms with Crippen LogP contribution in [0.25, 0.3) is 0 Å². The fraction of sp³-hybridized carbons (Fsp3) is 0.250. The van der Waals surface area contributed by atoms with Gasteiger partial charge in [-0.25, -0.2) is 0 Å². The van der Waals surface area contributed by atoms with E-state index in [0.717, 1.165) is 6.42 Å². The Morgan fingerprint density at radius 1 is 1.04 bits per heavy atom. The van der Waals surface area contributed by atoms with Crippen LogP contribution in [0.4, 0.5) is 0 Å². The average Bonchev–Trinajstić information content (AvgIpc) is 2.66. The van der Waals surface area contributed by atoms with Gasteiger partial charge in [-0.05, 0) is 76.9 Å². The van der Waals surface area contributed by atoms with E-state index in [1.165, 1.54) is 0 Å². The van der Waals surface area contributed by atoms with E-state index in [9.17, 15) is 9.59 Å². The van der Waals surface area contributed by atoms with Crippen molar-refractivity contribution in [1.29, 1.82) is 0 Å². The smallest absolute Gasteiger partial charge is 0.269 e. The molecule has 0 saturated heterocycles. The van der Waals surface area contributed by atoms with Crippen molar-refractivity contribution in [1.82, 2.24) is 16.2 Å². The zero-order valence-corrected chi connectivity index (χ0v) is 18.0. The van der Waals surface area contributed by atoms with E-state index < -0.39 is 0 Å². The molecule has 2 rings (SSSR count). The molecular weight excluding hydrogens is 442 g/mol. The van der Waals surface area contributed by atoms with Gasteiger partial charge in [0.15, 0.2) is 5.11 Å². The second kappa shape index (κ2) is 10.8. The molecule has 28 heavy (non-hydrogen) atoms. The summed E-state index contributed by atoms with van der Waals surface area (Å²) in [6.07, 6.45) is 0.967. The molecule has 8 heteroatoms. The first-order valence-corrected chi connectivity index (χ1v) is 9.96. The van der Waals surface area contributed by atoms with Crippen molar-refractivity contribution in [2.45, 2.75) is 20.3 Å². The molecule has 6 nitrogen and oxygen atoms in total. The summed E-state index contributed by atoms with van der Waals surface area (Å²) in [5, 5.41) is 2.49. The molecule has 0 aromatic heterocycles. The summed E-state index contributed by atoms with van der Waals surface area (Å²) in [7, 11) is 0. The third-order valence-electron chi connectivity index (χ3n) is 3.72. The molecule has 3 N–H and O–H groups in total. The molecule has 0 spiro atoms. The lowest BCUT2D eigenvalue weighted by molar-refractivity contribution is 0.0934. The highest BCUT2D eigenvalue weighted by atomic mass is 79.9. The van der Waals surface area contributed by atoms with Gasteiger partial charge in [-0.2, -0.15) is 0 Å². The van der Waals surface area contributed by atoms with Crippen LogP contribution >= 0.6 is 28.1 Å². The minimum atomic E-state index is -0.387. The van der Waals surface area contributed by atoms with E-state index >= 15 is 0 Å². The highest BCUT2D eigenvalue weighted by molar-refractivity contribution is 9.10. The first-order chi connectivity index (χ1) is 13.4. The van der Waals surface area contributed by atoms with Crippen molar-refractivity contribution in [2.75, 3.05) is 6.61 Å². The Hall–Kier alpha value is -2.45. The van der Waals surface area contributed by atoms with Crippen LogP contribution in [0.5, 0.6) is 5.75 Å². The Bertz CT molecular complexity index is 841. The Labute approximate surface area is 178 Å². The highest BCUT2D eigenvalue weighted by Crippen LogP contribution is 2.15. The maximum atomic E-state index is 12.2.